The Labute approximate surface area is 111 Å². The van der Waals surface area contributed by atoms with E-state index >= 15 is 0 Å². The number of halogens is 1. The van der Waals surface area contributed by atoms with Crippen LogP contribution >= 0.6 is 11.8 Å². The second kappa shape index (κ2) is 7.58. The summed E-state index contributed by atoms with van der Waals surface area (Å²) >= 11 is 1.18. The van der Waals surface area contributed by atoms with Crippen molar-refractivity contribution in [1.82, 2.24) is 0 Å². The molecule has 0 aromatic rings. The summed E-state index contributed by atoms with van der Waals surface area (Å²) in [6, 6.07) is 0. The standard InChI is InChI=1S/C11H22FN3O2S/c1-7(2)11(14,10(16)17)6-18-9(4-12)5-15-8(3)13/h7,9H,4-6,14H2,1-3H3,(H2,13,15)(H,16,17). The Hall–Kier alpha value is -0.820. The molecule has 0 rings (SSSR count). The fraction of sp³-hybridized carbons (Fsp3) is 0.818. The zero-order valence-electron chi connectivity index (χ0n) is 11.0. The molecule has 0 aliphatic heterocycles. The number of thioether (sulfide) groups is 1. The number of aliphatic carboxylic acids is 1. The second-order valence-electron chi connectivity index (χ2n) is 4.57. The molecular formula is C11H22FN3O2S. The van der Waals surface area contributed by atoms with E-state index < -0.39 is 23.4 Å². The Morgan fingerprint density at radius 1 is 1.56 bits per heavy atom. The van der Waals surface area contributed by atoms with Crippen molar-refractivity contribution in [1.29, 1.82) is 0 Å². The Bertz CT molecular complexity index is 309. The first kappa shape index (κ1) is 17.2. The van der Waals surface area contributed by atoms with Gasteiger partial charge >= 0.3 is 5.97 Å². The first-order valence-corrected chi connectivity index (χ1v) is 6.75. The first-order chi connectivity index (χ1) is 8.24. The maximum absolute atomic E-state index is 12.8. The Morgan fingerprint density at radius 2 is 2.11 bits per heavy atom. The topological polar surface area (TPSA) is 102 Å². The molecule has 7 heteroatoms. The van der Waals surface area contributed by atoms with Gasteiger partial charge in [-0.15, -0.1) is 0 Å². The summed E-state index contributed by atoms with van der Waals surface area (Å²) in [5.74, 6) is -0.771. The van der Waals surface area contributed by atoms with E-state index in [0.29, 0.717) is 5.84 Å². The highest BCUT2D eigenvalue weighted by molar-refractivity contribution is 8.00. The third-order valence-corrected chi connectivity index (χ3v) is 4.09. The molecule has 0 fully saturated rings. The minimum absolute atomic E-state index is 0.147. The van der Waals surface area contributed by atoms with Crippen LogP contribution in [-0.4, -0.2) is 46.7 Å². The smallest absolute Gasteiger partial charge is 0.324 e. The van der Waals surface area contributed by atoms with Crippen molar-refractivity contribution in [2.75, 3.05) is 19.0 Å². The minimum atomic E-state index is -1.35. The van der Waals surface area contributed by atoms with Crippen molar-refractivity contribution in [2.45, 2.75) is 31.6 Å². The van der Waals surface area contributed by atoms with Crippen LogP contribution in [0.5, 0.6) is 0 Å². The molecule has 0 aromatic heterocycles. The molecule has 0 radical (unpaired) electrons. The van der Waals surface area contributed by atoms with Crippen LogP contribution in [0.15, 0.2) is 4.99 Å². The number of carbonyl (C=O) groups is 1. The second-order valence-corrected chi connectivity index (χ2v) is 5.86. The van der Waals surface area contributed by atoms with Crippen LogP contribution in [0.25, 0.3) is 0 Å². The molecule has 0 aliphatic rings. The molecule has 0 spiro atoms. The first-order valence-electron chi connectivity index (χ1n) is 5.70. The lowest BCUT2D eigenvalue weighted by Crippen LogP contribution is -2.55. The number of hydrogen-bond donors (Lipinski definition) is 3. The minimum Gasteiger partial charge on any atom is -0.480 e. The zero-order valence-corrected chi connectivity index (χ0v) is 11.8. The third kappa shape index (κ3) is 5.22. The molecular weight excluding hydrogens is 257 g/mol. The highest BCUT2D eigenvalue weighted by atomic mass is 32.2. The number of nitrogens with zero attached hydrogens (tertiary/aromatic N) is 1. The predicted octanol–water partition coefficient (Wildman–Crippen LogP) is 0.873. The van der Waals surface area contributed by atoms with Gasteiger partial charge in [0.1, 0.15) is 12.2 Å². The van der Waals surface area contributed by atoms with E-state index in [2.05, 4.69) is 4.99 Å². The van der Waals surface area contributed by atoms with E-state index in [1.165, 1.54) is 11.8 Å². The van der Waals surface area contributed by atoms with E-state index in [1.54, 1.807) is 20.8 Å². The fourth-order valence-electron chi connectivity index (χ4n) is 1.12. The monoisotopic (exact) mass is 279 g/mol. The molecule has 18 heavy (non-hydrogen) atoms. The number of amidine groups is 1. The van der Waals surface area contributed by atoms with Crippen LogP contribution in [0, 0.1) is 5.92 Å². The van der Waals surface area contributed by atoms with Crippen molar-refractivity contribution in [2.24, 2.45) is 22.4 Å². The van der Waals surface area contributed by atoms with Crippen molar-refractivity contribution in [3.63, 3.8) is 0 Å². The third-order valence-electron chi connectivity index (χ3n) is 2.70. The van der Waals surface area contributed by atoms with Crippen LogP contribution in [-0.2, 0) is 4.79 Å². The molecule has 0 saturated heterocycles. The maximum atomic E-state index is 12.8. The van der Waals surface area contributed by atoms with Crippen molar-refractivity contribution >= 4 is 23.6 Å². The number of hydrogen-bond acceptors (Lipinski definition) is 4. The summed E-state index contributed by atoms with van der Waals surface area (Å²) in [5.41, 5.74) is 9.86. The van der Waals surface area contributed by atoms with Gasteiger partial charge in [-0.2, -0.15) is 11.8 Å². The number of nitrogens with two attached hydrogens (primary N) is 2. The van der Waals surface area contributed by atoms with Gasteiger partial charge in [0.2, 0.25) is 0 Å². The van der Waals surface area contributed by atoms with E-state index in [9.17, 15) is 9.18 Å². The molecule has 5 nitrogen and oxygen atoms in total. The molecule has 0 bridgehead atoms. The van der Waals surface area contributed by atoms with Gasteiger partial charge in [0, 0.05) is 5.75 Å². The number of carboxylic acids is 1. The Morgan fingerprint density at radius 3 is 2.44 bits per heavy atom. The molecule has 0 aromatic carbocycles. The van der Waals surface area contributed by atoms with Gasteiger partial charge in [0.05, 0.1) is 17.6 Å². The van der Waals surface area contributed by atoms with Crippen molar-refractivity contribution in [3.05, 3.63) is 0 Å². The van der Waals surface area contributed by atoms with Crippen LogP contribution in [0.2, 0.25) is 0 Å². The van der Waals surface area contributed by atoms with Crippen LogP contribution < -0.4 is 11.5 Å². The molecule has 0 amide bonds. The van der Waals surface area contributed by atoms with E-state index in [0.717, 1.165) is 0 Å². The lowest BCUT2D eigenvalue weighted by molar-refractivity contribution is -0.144. The van der Waals surface area contributed by atoms with Gasteiger partial charge in [0.25, 0.3) is 0 Å². The highest BCUT2D eigenvalue weighted by Gasteiger charge is 2.38. The average Bonchev–Trinajstić information content (AvgIpc) is 2.27. The summed E-state index contributed by atoms with van der Waals surface area (Å²) in [5, 5.41) is 8.71. The van der Waals surface area contributed by atoms with E-state index in [1.807, 2.05) is 0 Å². The number of rotatable bonds is 8. The molecule has 2 unspecified atom stereocenters. The number of aliphatic imine (C=N–C) groups is 1. The van der Waals surface area contributed by atoms with Crippen molar-refractivity contribution < 1.29 is 14.3 Å². The van der Waals surface area contributed by atoms with Crippen LogP contribution in [0.4, 0.5) is 4.39 Å². The molecule has 106 valence electrons. The van der Waals surface area contributed by atoms with E-state index in [-0.39, 0.29) is 18.2 Å². The lowest BCUT2D eigenvalue weighted by Gasteiger charge is -2.29. The van der Waals surface area contributed by atoms with Gasteiger partial charge < -0.3 is 16.6 Å². The van der Waals surface area contributed by atoms with E-state index in [4.69, 9.17) is 16.6 Å². The summed E-state index contributed by atoms with van der Waals surface area (Å²) < 4.78 is 12.8. The maximum Gasteiger partial charge on any atom is 0.324 e. The summed E-state index contributed by atoms with van der Waals surface area (Å²) in [6.45, 7) is 4.74. The van der Waals surface area contributed by atoms with Gasteiger partial charge in [-0.25, -0.2) is 4.39 Å². The fourth-order valence-corrected chi connectivity index (χ4v) is 2.36. The predicted molar refractivity (Wildman–Crippen MR) is 73.8 cm³/mol. The molecule has 0 saturated carbocycles. The summed E-state index contributed by atoms with van der Waals surface area (Å²) in [4.78, 5) is 15.1. The average molecular weight is 279 g/mol. The highest BCUT2D eigenvalue weighted by Crippen LogP contribution is 2.23. The normalized spacial score (nSPS) is 17.6. The van der Waals surface area contributed by atoms with Gasteiger partial charge in [-0.3, -0.25) is 9.79 Å². The zero-order chi connectivity index (χ0) is 14.3. The summed E-state index contributed by atoms with van der Waals surface area (Å²) in [6.07, 6.45) is 0. The number of alkyl halides is 1. The summed E-state index contributed by atoms with van der Waals surface area (Å²) in [7, 11) is 0. The largest absolute Gasteiger partial charge is 0.480 e. The van der Waals surface area contributed by atoms with Gasteiger partial charge in [-0.1, -0.05) is 13.8 Å². The lowest BCUT2D eigenvalue weighted by atomic mass is 9.90. The Balaban J connectivity index is 4.50. The van der Waals surface area contributed by atoms with Gasteiger partial charge in [-0.05, 0) is 12.8 Å². The molecule has 2 atom stereocenters. The van der Waals surface area contributed by atoms with Crippen LogP contribution in [0.3, 0.4) is 0 Å². The van der Waals surface area contributed by atoms with Crippen molar-refractivity contribution in [3.8, 4) is 0 Å². The molecule has 0 heterocycles. The SMILES string of the molecule is CC(N)=NCC(CF)SCC(N)(C(=O)O)C(C)C. The van der Waals surface area contributed by atoms with Gasteiger partial charge in [0.15, 0.2) is 0 Å². The van der Waals surface area contributed by atoms with Crippen LogP contribution in [0.1, 0.15) is 20.8 Å². The molecule has 0 aliphatic carbocycles. The molecule has 5 N–H and O–H groups in total. The number of carboxylic acid groups (broad SMARTS) is 1. The Kier molecular flexibility index (Phi) is 7.23. The quantitative estimate of drug-likeness (QED) is 0.452.